The van der Waals surface area contributed by atoms with E-state index in [9.17, 15) is 4.79 Å². The highest BCUT2D eigenvalue weighted by molar-refractivity contribution is 8.14. The zero-order valence-corrected chi connectivity index (χ0v) is 15.8. The maximum Gasteiger partial charge on any atom is 0.159 e. The quantitative estimate of drug-likeness (QED) is 0.526. The van der Waals surface area contributed by atoms with Gasteiger partial charge in [0.25, 0.3) is 0 Å². The molecule has 0 saturated heterocycles. The van der Waals surface area contributed by atoms with E-state index in [1.807, 2.05) is 31.2 Å². The van der Waals surface area contributed by atoms with Crippen molar-refractivity contribution in [2.75, 3.05) is 5.32 Å². The molecule has 0 aliphatic carbocycles. The molecule has 2 heterocycles. The second-order valence-corrected chi connectivity index (χ2v) is 7.51. The molecule has 0 spiro atoms. The highest BCUT2D eigenvalue weighted by atomic mass is 32.2. The summed E-state index contributed by atoms with van der Waals surface area (Å²) in [7, 11) is 0. The minimum atomic E-state index is -0.175. The lowest BCUT2D eigenvalue weighted by atomic mass is 9.88. The zero-order chi connectivity index (χ0) is 18.8. The second kappa shape index (κ2) is 7.37. The molecule has 1 aromatic heterocycles. The number of nitrogens with zero attached hydrogens (tertiary/aromatic N) is 2. The molecule has 0 radical (unpaired) electrons. The molecule has 3 N–H and O–H groups in total. The maximum absolute atomic E-state index is 11.4. The van der Waals surface area contributed by atoms with E-state index in [0.29, 0.717) is 28.7 Å². The number of hydrogen-bond acceptors (Lipinski definition) is 7. The summed E-state index contributed by atoms with van der Waals surface area (Å²) in [5.74, 6) is 0.524. The number of carbonyl (C=O) groups is 1. The molecule has 0 bridgehead atoms. The molecule has 6 nitrogen and oxygen atoms in total. The smallest absolute Gasteiger partial charge is 0.159 e. The molecule has 1 aromatic carbocycles. The van der Waals surface area contributed by atoms with E-state index < -0.39 is 0 Å². The SMILES string of the molecule is CC(=N)C(C)C1C(=N)Sc2c(NCc3ccc(C(C)=O)cc3)ncnc21. The number of Topliss-reactive ketones (excluding diaryl/α,β-unsaturated/α-hetero) is 1. The van der Waals surface area contributed by atoms with Crippen molar-refractivity contribution >= 4 is 34.1 Å². The van der Waals surface area contributed by atoms with Crippen molar-refractivity contribution in [2.24, 2.45) is 5.92 Å². The summed E-state index contributed by atoms with van der Waals surface area (Å²) in [5, 5.41) is 20.0. The Labute approximate surface area is 156 Å². The number of carbonyl (C=O) groups excluding carboxylic acids is 1. The van der Waals surface area contributed by atoms with Crippen LogP contribution in [0.2, 0.25) is 0 Å². The van der Waals surface area contributed by atoms with Gasteiger partial charge in [-0.05, 0) is 19.4 Å². The molecule has 1 aliphatic rings. The maximum atomic E-state index is 11.4. The standard InChI is InChI=1S/C19H21N5OS/c1-10(11(2)20)15-16-17(26-18(15)21)19(24-9-23-16)22-8-13-4-6-14(7-5-13)12(3)25/h4-7,9-10,15,20-21H,8H2,1-3H3,(H,22,23,24). The fraction of sp³-hybridized carbons (Fsp3) is 0.316. The first-order valence-corrected chi connectivity index (χ1v) is 9.20. The summed E-state index contributed by atoms with van der Waals surface area (Å²) in [6, 6.07) is 7.48. The summed E-state index contributed by atoms with van der Waals surface area (Å²) in [6.07, 6.45) is 1.51. The van der Waals surface area contributed by atoms with Crippen molar-refractivity contribution < 1.29 is 4.79 Å². The average Bonchev–Trinajstić information content (AvgIpc) is 2.95. The van der Waals surface area contributed by atoms with Crippen LogP contribution in [-0.4, -0.2) is 26.5 Å². The predicted molar refractivity (Wildman–Crippen MR) is 105 cm³/mol. The first kappa shape index (κ1) is 18.3. The van der Waals surface area contributed by atoms with E-state index >= 15 is 0 Å². The minimum absolute atomic E-state index is 0.0506. The van der Waals surface area contributed by atoms with Crippen LogP contribution < -0.4 is 5.32 Å². The molecule has 2 unspecified atom stereocenters. The van der Waals surface area contributed by atoms with E-state index in [2.05, 4.69) is 15.3 Å². The van der Waals surface area contributed by atoms with Crippen molar-refractivity contribution in [1.29, 1.82) is 10.8 Å². The lowest BCUT2D eigenvalue weighted by molar-refractivity contribution is 0.101. The van der Waals surface area contributed by atoms with Gasteiger partial charge in [-0.3, -0.25) is 10.2 Å². The number of ketones is 1. The molecule has 3 rings (SSSR count). The summed E-state index contributed by atoms with van der Waals surface area (Å²) in [6.45, 7) is 5.85. The molecule has 7 heteroatoms. The molecule has 0 saturated carbocycles. The monoisotopic (exact) mass is 367 g/mol. The van der Waals surface area contributed by atoms with Crippen LogP contribution in [0.25, 0.3) is 0 Å². The third kappa shape index (κ3) is 3.53. The summed E-state index contributed by atoms with van der Waals surface area (Å²) < 4.78 is 0. The molecule has 0 amide bonds. The average molecular weight is 367 g/mol. The van der Waals surface area contributed by atoms with Gasteiger partial charge in [0.05, 0.1) is 21.6 Å². The Bertz CT molecular complexity index is 878. The summed E-state index contributed by atoms with van der Waals surface area (Å²) in [5.41, 5.74) is 3.11. The molecule has 2 aromatic rings. The number of fused-ring (bicyclic) bond motifs is 1. The van der Waals surface area contributed by atoms with Gasteiger partial charge >= 0.3 is 0 Å². The van der Waals surface area contributed by atoms with Gasteiger partial charge in [-0.1, -0.05) is 43.0 Å². The van der Waals surface area contributed by atoms with Crippen molar-refractivity contribution in [2.45, 2.75) is 38.1 Å². The fourth-order valence-electron chi connectivity index (χ4n) is 2.89. The van der Waals surface area contributed by atoms with Gasteiger partial charge in [0.15, 0.2) is 5.78 Å². The Balaban J connectivity index is 1.80. The van der Waals surface area contributed by atoms with E-state index in [0.717, 1.165) is 16.2 Å². The first-order chi connectivity index (χ1) is 12.4. The Morgan fingerprint density at radius 3 is 2.58 bits per heavy atom. The van der Waals surface area contributed by atoms with Crippen LogP contribution in [0, 0.1) is 16.7 Å². The van der Waals surface area contributed by atoms with E-state index in [4.69, 9.17) is 10.8 Å². The van der Waals surface area contributed by atoms with Crippen LogP contribution in [0.5, 0.6) is 0 Å². The van der Waals surface area contributed by atoms with Crippen LogP contribution in [0.15, 0.2) is 35.5 Å². The number of rotatable bonds is 6. The van der Waals surface area contributed by atoms with E-state index in [1.165, 1.54) is 18.1 Å². The topological polar surface area (TPSA) is 103 Å². The molecule has 1 aliphatic heterocycles. The molecule has 134 valence electrons. The largest absolute Gasteiger partial charge is 0.365 e. The van der Waals surface area contributed by atoms with Crippen molar-refractivity contribution in [3.63, 3.8) is 0 Å². The van der Waals surface area contributed by atoms with Gasteiger partial charge in [0.2, 0.25) is 0 Å². The lowest BCUT2D eigenvalue weighted by Crippen LogP contribution is -2.20. The number of hydrogen-bond donors (Lipinski definition) is 3. The molecule has 2 atom stereocenters. The number of anilines is 1. The zero-order valence-electron chi connectivity index (χ0n) is 15.0. The third-order valence-electron chi connectivity index (χ3n) is 4.62. The predicted octanol–water partition coefficient (Wildman–Crippen LogP) is 4.13. The molecular weight excluding hydrogens is 346 g/mol. The third-order valence-corrected chi connectivity index (χ3v) is 5.70. The Morgan fingerprint density at radius 2 is 1.96 bits per heavy atom. The van der Waals surface area contributed by atoms with Gasteiger partial charge in [-0.15, -0.1) is 0 Å². The highest BCUT2D eigenvalue weighted by Crippen LogP contribution is 2.46. The van der Waals surface area contributed by atoms with Gasteiger partial charge < -0.3 is 10.7 Å². The van der Waals surface area contributed by atoms with Crippen LogP contribution >= 0.6 is 11.8 Å². The Morgan fingerprint density at radius 1 is 1.27 bits per heavy atom. The van der Waals surface area contributed by atoms with Gasteiger partial charge in [0, 0.05) is 23.7 Å². The van der Waals surface area contributed by atoms with Crippen LogP contribution in [-0.2, 0) is 6.54 Å². The number of nitrogens with one attached hydrogen (secondary N) is 3. The lowest BCUT2D eigenvalue weighted by Gasteiger charge is -2.17. The van der Waals surface area contributed by atoms with Crippen molar-refractivity contribution in [3.8, 4) is 0 Å². The number of thioether (sulfide) groups is 1. The Kier molecular flexibility index (Phi) is 5.18. The van der Waals surface area contributed by atoms with Gasteiger partial charge in [-0.2, -0.15) is 0 Å². The summed E-state index contributed by atoms with van der Waals surface area (Å²) >= 11 is 1.37. The fourth-order valence-corrected chi connectivity index (χ4v) is 4.06. The summed E-state index contributed by atoms with van der Waals surface area (Å²) in [4.78, 5) is 21.0. The molecule has 26 heavy (non-hydrogen) atoms. The van der Waals surface area contributed by atoms with Crippen molar-refractivity contribution in [1.82, 2.24) is 9.97 Å². The van der Waals surface area contributed by atoms with Crippen LogP contribution in [0.4, 0.5) is 5.82 Å². The van der Waals surface area contributed by atoms with E-state index in [-0.39, 0.29) is 17.6 Å². The number of aromatic nitrogens is 2. The normalized spacial score (nSPS) is 16.9. The number of benzene rings is 1. The Hall–Kier alpha value is -2.54. The first-order valence-electron chi connectivity index (χ1n) is 8.38. The highest BCUT2D eigenvalue weighted by Gasteiger charge is 2.37. The molecular formula is C19H21N5OS. The van der Waals surface area contributed by atoms with Gasteiger partial charge in [0.1, 0.15) is 12.1 Å². The second-order valence-electron chi connectivity index (χ2n) is 6.46. The van der Waals surface area contributed by atoms with Gasteiger partial charge in [-0.25, -0.2) is 9.97 Å². The van der Waals surface area contributed by atoms with E-state index in [1.54, 1.807) is 13.8 Å². The van der Waals surface area contributed by atoms with Crippen LogP contribution in [0.1, 0.15) is 48.3 Å². The molecule has 0 fully saturated rings. The van der Waals surface area contributed by atoms with Crippen molar-refractivity contribution in [3.05, 3.63) is 47.4 Å². The van der Waals surface area contributed by atoms with Crippen LogP contribution in [0.3, 0.4) is 0 Å². The minimum Gasteiger partial charge on any atom is -0.365 e.